The van der Waals surface area contributed by atoms with Crippen molar-refractivity contribution in [1.29, 1.82) is 0 Å². The largest absolute Gasteiger partial charge is 0.360 e. The summed E-state index contributed by atoms with van der Waals surface area (Å²) in [6, 6.07) is 4.03. The minimum atomic E-state index is 0.0355. The van der Waals surface area contributed by atoms with Crippen molar-refractivity contribution >= 4 is 11.5 Å². The quantitative estimate of drug-likeness (QED) is 0.726. The molecule has 3 rings (SSSR count). The molecule has 1 atom stereocenters. The van der Waals surface area contributed by atoms with Crippen LogP contribution >= 0.6 is 0 Å². The standard InChI is InChI=1S/C16H23N7/c1-4-6-13-10-15(23-14(21-13)7-8-18-23)20-12(3)16-17-11-19-22(16)9-5-2/h7-8,10-12,20H,4-6,9H2,1-3H3. The number of nitrogens with one attached hydrogen (secondary N) is 1. The first-order valence-corrected chi connectivity index (χ1v) is 8.20. The van der Waals surface area contributed by atoms with E-state index < -0.39 is 0 Å². The molecule has 3 aromatic heterocycles. The number of anilines is 1. The zero-order chi connectivity index (χ0) is 16.2. The van der Waals surface area contributed by atoms with Crippen molar-refractivity contribution in [2.75, 3.05) is 5.32 Å². The lowest BCUT2D eigenvalue weighted by molar-refractivity contribution is 0.553. The second-order valence-corrected chi connectivity index (χ2v) is 5.69. The van der Waals surface area contributed by atoms with Crippen molar-refractivity contribution in [2.24, 2.45) is 0 Å². The molecule has 1 unspecified atom stereocenters. The molecule has 7 nitrogen and oxygen atoms in total. The molecule has 0 radical (unpaired) electrons. The first-order valence-electron chi connectivity index (χ1n) is 8.20. The molecule has 1 N–H and O–H groups in total. The van der Waals surface area contributed by atoms with E-state index >= 15 is 0 Å². The summed E-state index contributed by atoms with van der Waals surface area (Å²) in [6.07, 6.45) is 6.44. The lowest BCUT2D eigenvalue weighted by atomic mass is 10.2. The van der Waals surface area contributed by atoms with Crippen molar-refractivity contribution in [3.63, 3.8) is 0 Å². The number of aromatic nitrogens is 6. The molecule has 3 heterocycles. The first-order chi connectivity index (χ1) is 11.2. The number of fused-ring (bicyclic) bond motifs is 1. The monoisotopic (exact) mass is 313 g/mol. The van der Waals surface area contributed by atoms with Gasteiger partial charge in [0.05, 0.1) is 12.2 Å². The Morgan fingerprint density at radius 1 is 1.22 bits per heavy atom. The number of nitrogens with zero attached hydrogens (tertiary/aromatic N) is 6. The molecule has 3 aromatic rings. The van der Waals surface area contributed by atoms with Gasteiger partial charge in [-0.3, -0.25) is 0 Å². The van der Waals surface area contributed by atoms with Crippen molar-refractivity contribution in [2.45, 2.75) is 52.6 Å². The van der Waals surface area contributed by atoms with E-state index in [0.29, 0.717) is 0 Å². The summed E-state index contributed by atoms with van der Waals surface area (Å²) < 4.78 is 3.78. The van der Waals surface area contributed by atoms with Gasteiger partial charge >= 0.3 is 0 Å². The summed E-state index contributed by atoms with van der Waals surface area (Å²) in [5.41, 5.74) is 1.94. The second kappa shape index (κ2) is 6.76. The molecule has 0 amide bonds. The zero-order valence-corrected chi connectivity index (χ0v) is 13.9. The van der Waals surface area contributed by atoms with E-state index in [4.69, 9.17) is 0 Å². The van der Waals surface area contributed by atoms with E-state index in [2.05, 4.69) is 52.3 Å². The van der Waals surface area contributed by atoms with Gasteiger partial charge in [-0.2, -0.15) is 14.7 Å². The molecule has 0 saturated carbocycles. The fraction of sp³-hybridized carbons (Fsp3) is 0.500. The Labute approximate surface area is 135 Å². The average molecular weight is 313 g/mol. The van der Waals surface area contributed by atoms with Crippen LogP contribution in [0.25, 0.3) is 5.65 Å². The Morgan fingerprint density at radius 2 is 2.09 bits per heavy atom. The van der Waals surface area contributed by atoms with Gasteiger partial charge in [0, 0.05) is 24.4 Å². The molecule has 0 aliphatic carbocycles. The van der Waals surface area contributed by atoms with E-state index in [1.165, 1.54) is 0 Å². The van der Waals surface area contributed by atoms with Gasteiger partial charge < -0.3 is 5.32 Å². The minimum absolute atomic E-state index is 0.0355. The third-order valence-corrected chi connectivity index (χ3v) is 3.75. The number of hydrogen-bond donors (Lipinski definition) is 1. The number of rotatable bonds is 7. The summed E-state index contributed by atoms with van der Waals surface area (Å²) in [4.78, 5) is 9.03. The molecular formula is C16H23N7. The van der Waals surface area contributed by atoms with E-state index in [1.54, 1.807) is 12.5 Å². The smallest absolute Gasteiger partial charge is 0.157 e. The van der Waals surface area contributed by atoms with E-state index in [-0.39, 0.29) is 6.04 Å². The van der Waals surface area contributed by atoms with Crippen LogP contribution in [0.4, 0.5) is 5.82 Å². The highest BCUT2D eigenvalue weighted by Gasteiger charge is 2.15. The van der Waals surface area contributed by atoms with Gasteiger partial charge in [0.2, 0.25) is 0 Å². The SMILES string of the molecule is CCCc1cc(NC(C)c2ncnn2CCC)n2nccc2n1. The molecule has 0 aromatic carbocycles. The van der Waals surface area contributed by atoms with Crippen LogP contribution in [0.15, 0.2) is 24.7 Å². The van der Waals surface area contributed by atoms with Gasteiger partial charge in [0.1, 0.15) is 18.0 Å². The van der Waals surface area contributed by atoms with Crippen molar-refractivity contribution in [1.82, 2.24) is 29.4 Å². The highest BCUT2D eigenvalue weighted by Crippen LogP contribution is 2.20. The van der Waals surface area contributed by atoms with Crippen molar-refractivity contribution in [3.05, 3.63) is 36.2 Å². The Bertz CT molecular complexity index is 774. The van der Waals surface area contributed by atoms with Gasteiger partial charge in [0.15, 0.2) is 5.65 Å². The predicted molar refractivity (Wildman–Crippen MR) is 89.3 cm³/mol. The van der Waals surface area contributed by atoms with Gasteiger partial charge in [-0.15, -0.1) is 0 Å². The molecule has 7 heteroatoms. The van der Waals surface area contributed by atoms with Gasteiger partial charge in [0.25, 0.3) is 0 Å². The summed E-state index contributed by atoms with van der Waals surface area (Å²) in [7, 11) is 0. The topological polar surface area (TPSA) is 72.9 Å². The van der Waals surface area contributed by atoms with Crippen LogP contribution in [0.2, 0.25) is 0 Å². The molecule has 0 bridgehead atoms. The van der Waals surface area contributed by atoms with Crippen LogP contribution in [0.1, 0.15) is 51.2 Å². The second-order valence-electron chi connectivity index (χ2n) is 5.69. The number of aryl methyl sites for hydroxylation is 2. The lowest BCUT2D eigenvalue weighted by Crippen LogP contribution is -2.17. The maximum atomic E-state index is 4.63. The average Bonchev–Trinajstić information content (AvgIpc) is 3.17. The summed E-state index contributed by atoms with van der Waals surface area (Å²) in [6.45, 7) is 7.25. The van der Waals surface area contributed by atoms with Crippen LogP contribution in [0.5, 0.6) is 0 Å². The molecule has 122 valence electrons. The molecule has 0 spiro atoms. The molecule has 0 fully saturated rings. The van der Waals surface area contributed by atoms with Gasteiger partial charge in [-0.1, -0.05) is 20.3 Å². The zero-order valence-electron chi connectivity index (χ0n) is 13.9. The molecular weight excluding hydrogens is 290 g/mol. The van der Waals surface area contributed by atoms with Crippen LogP contribution < -0.4 is 5.32 Å². The van der Waals surface area contributed by atoms with Crippen LogP contribution in [0.3, 0.4) is 0 Å². The minimum Gasteiger partial charge on any atom is -0.360 e. The Hall–Kier alpha value is -2.44. The number of hydrogen-bond acceptors (Lipinski definition) is 5. The highest BCUT2D eigenvalue weighted by molar-refractivity contribution is 5.49. The van der Waals surface area contributed by atoms with Crippen molar-refractivity contribution < 1.29 is 0 Å². The normalized spacial score (nSPS) is 12.7. The third-order valence-electron chi connectivity index (χ3n) is 3.75. The summed E-state index contributed by atoms with van der Waals surface area (Å²) in [5, 5.41) is 12.2. The Balaban J connectivity index is 1.90. The van der Waals surface area contributed by atoms with E-state index in [1.807, 2.05) is 15.3 Å². The molecule has 23 heavy (non-hydrogen) atoms. The van der Waals surface area contributed by atoms with Crippen LogP contribution in [-0.2, 0) is 13.0 Å². The Morgan fingerprint density at radius 3 is 2.87 bits per heavy atom. The molecule has 0 aliphatic rings. The predicted octanol–water partition coefficient (Wildman–Crippen LogP) is 2.86. The maximum Gasteiger partial charge on any atom is 0.157 e. The van der Waals surface area contributed by atoms with Crippen molar-refractivity contribution in [3.8, 4) is 0 Å². The van der Waals surface area contributed by atoms with E-state index in [9.17, 15) is 0 Å². The fourth-order valence-corrected chi connectivity index (χ4v) is 2.73. The highest BCUT2D eigenvalue weighted by atomic mass is 15.4. The fourth-order valence-electron chi connectivity index (χ4n) is 2.73. The lowest BCUT2D eigenvalue weighted by Gasteiger charge is -2.17. The Kier molecular flexibility index (Phi) is 4.55. The first kappa shape index (κ1) is 15.5. The van der Waals surface area contributed by atoms with Crippen LogP contribution in [-0.4, -0.2) is 29.4 Å². The summed E-state index contributed by atoms with van der Waals surface area (Å²) in [5.74, 6) is 1.86. The summed E-state index contributed by atoms with van der Waals surface area (Å²) >= 11 is 0. The van der Waals surface area contributed by atoms with Crippen LogP contribution in [0, 0.1) is 0 Å². The molecule has 0 aliphatic heterocycles. The molecule has 0 saturated heterocycles. The van der Waals surface area contributed by atoms with E-state index in [0.717, 1.165) is 48.8 Å². The van der Waals surface area contributed by atoms with Gasteiger partial charge in [-0.05, 0) is 19.8 Å². The maximum absolute atomic E-state index is 4.63. The van der Waals surface area contributed by atoms with Gasteiger partial charge in [-0.25, -0.2) is 14.6 Å². The third kappa shape index (κ3) is 3.18.